The molecule has 0 aliphatic heterocycles. The van der Waals surface area contributed by atoms with Gasteiger partial charge in [0, 0.05) is 26.5 Å². The van der Waals surface area contributed by atoms with Gasteiger partial charge in [0.2, 0.25) is 0 Å². The van der Waals surface area contributed by atoms with Gasteiger partial charge in [-0.1, -0.05) is 31.8 Å². The second-order valence-electron chi connectivity index (χ2n) is 4.58. The molecule has 0 N–H and O–H groups in total. The van der Waals surface area contributed by atoms with Crippen molar-refractivity contribution >= 4 is 11.5 Å². The van der Waals surface area contributed by atoms with E-state index in [0.29, 0.717) is 0 Å². The number of benzene rings is 1. The van der Waals surface area contributed by atoms with Gasteiger partial charge in [-0.25, -0.2) is 0 Å². The fourth-order valence-corrected chi connectivity index (χ4v) is 2.36. The van der Waals surface area contributed by atoms with Crippen LogP contribution in [0.15, 0.2) is 24.3 Å². The number of hydrogen-bond acceptors (Lipinski definition) is 3. The first-order chi connectivity index (χ1) is 8.25. The molecule has 1 radical (unpaired) electrons. The Balaban J connectivity index is 0.00000162. The number of hydrogen-bond donors (Lipinski definition) is 0. The van der Waals surface area contributed by atoms with Crippen LogP contribution in [0.25, 0.3) is 10.6 Å². The van der Waals surface area contributed by atoms with Gasteiger partial charge in [0.15, 0.2) is 0 Å². The maximum Gasteiger partial charge on any atom is 0.132 e. The molecule has 2 aromatic rings. The van der Waals surface area contributed by atoms with E-state index in [1.165, 1.54) is 24.4 Å². The summed E-state index contributed by atoms with van der Waals surface area (Å²) in [5.41, 5.74) is 1.04. The summed E-state index contributed by atoms with van der Waals surface area (Å²) in [6.45, 7) is 4.50. The van der Waals surface area contributed by atoms with E-state index in [1.54, 1.807) is 0 Å². The summed E-state index contributed by atoms with van der Waals surface area (Å²) in [7, 11) is 0. The summed E-state index contributed by atoms with van der Waals surface area (Å²) >= 11 is 1.47. The van der Waals surface area contributed by atoms with Gasteiger partial charge in [-0.15, -0.1) is 35.9 Å². The Morgan fingerprint density at radius 3 is 2.83 bits per heavy atom. The van der Waals surface area contributed by atoms with Crippen LogP contribution in [0, 0.1) is 12.0 Å². The Morgan fingerprint density at radius 1 is 1.33 bits per heavy atom. The Kier molecular flexibility index (Phi) is 6.69. The van der Waals surface area contributed by atoms with E-state index in [4.69, 9.17) is 0 Å². The fraction of sp³-hybridized carbons (Fsp3) is 0.429. The molecule has 0 atom stereocenters. The van der Waals surface area contributed by atoms with Gasteiger partial charge in [0.05, 0.1) is 5.01 Å². The third-order valence-corrected chi connectivity index (χ3v) is 3.38. The summed E-state index contributed by atoms with van der Waals surface area (Å²) in [6.07, 6.45) is 3.40. The predicted octanol–water partition coefficient (Wildman–Crippen LogP) is 3.98. The minimum absolute atomic E-state index is 0. The molecule has 4 heteroatoms. The largest absolute Gasteiger partial charge is 0.270 e. The van der Waals surface area contributed by atoms with Crippen LogP contribution < -0.4 is 0 Å². The van der Waals surface area contributed by atoms with Gasteiger partial charge in [0.25, 0.3) is 0 Å². The molecule has 99 valence electrons. The molecule has 0 spiro atoms. The van der Waals surface area contributed by atoms with E-state index < -0.39 is 0 Å². The van der Waals surface area contributed by atoms with Crippen molar-refractivity contribution in [2.75, 3.05) is 0 Å². The molecule has 18 heavy (non-hydrogen) atoms. The van der Waals surface area contributed by atoms with Gasteiger partial charge < -0.3 is 0 Å². The van der Waals surface area contributed by atoms with Crippen molar-refractivity contribution in [3.63, 3.8) is 0 Å². The van der Waals surface area contributed by atoms with Crippen molar-refractivity contribution in [2.45, 2.75) is 33.1 Å². The van der Waals surface area contributed by atoms with Crippen molar-refractivity contribution in [1.82, 2.24) is 9.36 Å². The molecular weight excluding hydrogens is 420 g/mol. The Morgan fingerprint density at radius 2 is 2.17 bits per heavy atom. The molecule has 0 bridgehead atoms. The van der Waals surface area contributed by atoms with Gasteiger partial charge in [-0.3, -0.25) is 4.98 Å². The monoisotopic (exact) mass is 438 g/mol. The molecule has 0 amide bonds. The topological polar surface area (TPSA) is 25.8 Å². The summed E-state index contributed by atoms with van der Waals surface area (Å²) in [5.74, 6) is 1.73. The van der Waals surface area contributed by atoms with E-state index in [1.807, 2.05) is 24.3 Å². The average Bonchev–Trinajstić information content (AvgIpc) is 2.78. The minimum atomic E-state index is 0. The zero-order valence-corrected chi connectivity index (χ0v) is 13.9. The van der Waals surface area contributed by atoms with Gasteiger partial charge in [-0.2, -0.15) is 4.37 Å². The van der Waals surface area contributed by atoms with Crippen molar-refractivity contribution < 1.29 is 20.1 Å². The van der Waals surface area contributed by atoms with Crippen molar-refractivity contribution in [3.05, 3.63) is 36.2 Å². The SMILES string of the molecule is CC(C)CCCc1nsc(-c2[c-]cccc2)n1.[Ir]. The first-order valence-electron chi connectivity index (χ1n) is 6.05. The third kappa shape index (κ3) is 4.60. The van der Waals surface area contributed by atoms with E-state index in [-0.39, 0.29) is 20.1 Å². The molecule has 2 rings (SSSR count). The van der Waals surface area contributed by atoms with Crippen molar-refractivity contribution in [3.8, 4) is 10.6 Å². The number of rotatable bonds is 5. The van der Waals surface area contributed by atoms with Crippen LogP contribution in [0.4, 0.5) is 0 Å². The van der Waals surface area contributed by atoms with Crippen molar-refractivity contribution in [1.29, 1.82) is 0 Å². The Bertz CT molecular complexity index is 454. The molecule has 1 heterocycles. The molecule has 0 fully saturated rings. The number of nitrogens with zero attached hydrogens (tertiary/aromatic N) is 2. The van der Waals surface area contributed by atoms with Gasteiger partial charge in [-0.05, 0) is 12.3 Å². The fourth-order valence-electron chi connectivity index (χ4n) is 1.66. The molecule has 1 aromatic heterocycles. The zero-order valence-electron chi connectivity index (χ0n) is 10.6. The summed E-state index contributed by atoms with van der Waals surface area (Å²) in [5, 5.41) is 0.977. The Hall–Kier alpha value is -0.571. The number of aromatic nitrogens is 2. The molecular formula is C14H17IrN2S-. The third-order valence-electron chi connectivity index (χ3n) is 2.59. The first kappa shape index (κ1) is 15.5. The summed E-state index contributed by atoms with van der Waals surface area (Å²) in [4.78, 5) is 4.55. The average molecular weight is 438 g/mol. The molecule has 1 aromatic carbocycles. The van der Waals surface area contributed by atoms with Crippen LogP contribution in [-0.4, -0.2) is 9.36 Å². The van der Waals surface area contributed by atoms with Gasteiger partial charge >= 0.3 is 0 Å². The standard InChI is InChI=1S/C14H17N2S.Ir/c1-11(2)7-6-10-13-15-14(17-16-13)12-8-4-3-5-9-12;/h3-5,8,11H,6-7,10H2,1-2H3;/q-1;. The first-order valence-corrected chi connectivity index (χ1v) is 6.82. The molecule has 0 unspecified atom stereocenters. The van der Waals surface area contributed by atoms with Crippen LogP contribution >= 0.6 is 11.5 Å². The maximum atomic E-state index is 4.55. The molecule has 2 nitrogen and oxygen atoms in total. The van der Waals surface area contributed by atoms with Crippen LogP contribution in [0.5, 0.6) is 0 Å². The quantitative estimate of drug-likeness (QED) is 0.662. The number of aryl methyl sites for hydroxylation is 1. The smallest absolute Gasteiger partial charge is 0.132 e. The van der Waals surface area contributed by atoms with Crippen LogP contribution in [0.3, 0.4) is 0 Å². The van der Waals surface area contributed by atoms with Gasteiger partial charge in [0.1, 0.15) is 5.82 Å². The normalized spacial score (nSPS) is 10.4. The second kappa shape index (κ2) is 7.77. The minimum Gasteiger partial charge on any atom is -0.270 e. The predicted molar refractivity (Wildman–Crippen MR) is 72.0 cm³/mol. The Labute approximate surface area is 126 Å². The molecule has 0 aliphatic carbocycles. The maximum absolute atomic E-state index is 4.55. The summed E-state index contributed by atoms with van der Waals surface area (Å²) < 4.78 is 4.40. The van der Waals surface area contributed by atoms with E-state index in [9.17, 15) is 0 Å². The molecule has 0 aliphatic rings. The van der Waals surface area contributed by atoms with E-state index in [2.05, 4.69) is 29.3 Å². The summed E-state index contributed by atoms with van der Waals surface area (Å²) in [6, 6.07) is 11.1. The van der Waals surface area contributed by atoms with E-state index in [0.717, 1.165) is 28.7 Å². The molecule has 0 saturated carbocycles. The zero-order chi connectivity index (χ0) is 12.1. The van der Waals surface area contributed by atoms with Crippen LogP contribution in [0.2, 0.25) is 0 Å². The molecule has 0 saturated heterocycles. The van der Waals surface area contributed by atoms with Crippen LogP contribution in [0.1, 0.15) is 32.5 Å². The second-order valence-corrected chi connectivity index (χ2v) is 5.33. The van der Waals surface area contributed by atoms with Crippen molar-refractivity contribution in [2.24, 2.45) is 5.92 Å². The van der Waals surface area contributed by atoms with Crippen LogP contribution in [-0.2, 0) is 26.5 Å². The van der Waals surface area contributed by atoms with E-state index >= 15 is 0 Å².